The van der Waals surface area contributed by atoms with Crippen LogP contribution in [0.15, 0.2) is 53.0 Å². The monoisotopic (exact) mass is 427 g/mol. The molecule has 6 heteroatoms. The van der Waals surface area contributed by atoms with Gasteiger partial charge in [-0.2, -0.15) is 0 Å². The first kappa shape index (κ1) is 19.0. The number of carbonyl (C=O) groups excluding carboxylic acids is 2. The van der Waals surface area contributed by atoms with Crippen LogP contribution in [0.2, 0.25) is 0 Å². The van der Waals surface area contributed by atoms with Crippen LogP contribution >= 0.6 is 15.9 Å². The van der Waals surface area contributed by atoms with Crippen LogP contribution in [0.4, 0.5) is 0 Å². The number of esters is 2. The lowest BCUT2D eigenvalue weighted by Crippen LogP contribution is -2.18. The molecule has 0 aliphatic rings. The number of carbonyl (C=O) groups is 2. The first-order valence-corrected chi connectivity index (χ1v) is 9.39. The number of ether oxygens (including phenoxy) is 2. The lowest BCUT2D eigenvalue weighted by atomic mass is 9.94. The van der Waals surface area contributed by atoms with Crippen molar-refractivity contribution in [1.82, 2.24) is 4.98 Å². The van der Waals surface area contributed by atoms with Crippen LogP contribution in [-0.4, -0.2) is 30.1 Å². The van der Waals surface area contributed by atoms with Gasteiger partial charge in [-0.1, -0.05) is 52.3 Å². The Labute approximate surface area is 165 Å². The zero-order chi connectivity index (χ0) is 19.4. The largest absolute Gasteiger partial charge is 0.462 e. The Morgan fingerprint density at radius 1 is 0.963 bits per heavy atom. The molecule has 0 saturated heterocycles. The van der Waals surface area contributed by atoms with Gasteiger partial charge in [0.2, 0.25) is 0 Å². The number of pyridine rings is 1. The zero-order valence-electron chi connectivity index (χ0n) is 15.0. The minimum absolute atomic E-state index is 0.0419. The smallest absolute Gasteiger partial charge is 0.357 e. The SMILES string of the molecule is CCOC(=O)c1nc2cc(Br)ccc2c(-c2ccccc2)c1C(=O)OCC. The Balaban J connectivity index is 2.43. The van der Waals surface area contributed by atoms with Crippen molar-refractivity contribution >= 4 is 38.8 Å². The summed E-state index contributed by atoms with van der Waals surface area (Å²) in [6.07, 6.45) is 0. The molecule has 0 saturated carbocycles. The van der Waals surface area contributed by atoms with Crippen molar-refractivity contribution in [2.75, 3.05) is 13.2 Å². The molecule has 5 nitrogen and oxygen atoms in total. The highest BCUT2D eigenvalue weighted by atomic mass is 79.9. The van der Waals surface area contributed by atoms with Crippen molar-refractivity contribution in [3.05, 3.63) is 64.3 Å². The Morgan fingerprint density at radius 2 is 1.63 bits per heavy atom. The van der Waals surface area contributed by atoms with Gasteiger partial charge in [-0.15, -0.1) is 0 Å². The standard InChI is InChI=1S/C21H18BrNO4/c1-3-26-20(24)18-17(13-8-6-5-7-9-13)15-11-10-14(22)12-16(15)23-19(18)21(25)27-4-2/h5-12H,3-4H2,1-2H3. The summed E-state index contributed by atoms with van der Waals surface area (Å²) in [7, 11) is 0. The number of halogens is 1. The van der Waals surface area contributed by atoms with Crippen molar-refractivity contribution in [3.8, 4) is 11.1 Å². The molecule has 0 amide bonds. The van der Waals surface area contributed by atoms with E-state index in [2.05, 4.69) is 20.9 Å². The molecule has 0 aliphatic carbocycles. The number of rotatable bonds is 5. The van der Waals surface area contributed by atoms with E-state index >= 15 is 0 Å². The molecule has 138 valence electrons. The zero-order valence-corrected chi connectivity index (χ0v) is 16.6. The maximum absolute atomic E-state index is 12.8. The quantitative estimate of drug-likeness (QED) is 0.534. The second-order valence-corrected chi connectivity index (χ2v) is 6.59. The molecule has 1 aromatic heterocycles. The van der Waals surface area contributed by atoms with Crippen LogP contribution in [0.25, 0.3) is 22.0 Å². The van der Waals surface area contributed by atoms with Crippen LogP contribution in [0.3, 0.4) is 0 Å². The topological polar surface area (TPSA) is 65.5 Å². The van der Waals surface area contributed by atoms with Gasteiger partial charge < -0.3 is 9.47 Å². The van der Waals surface area contributed by atoms with Gasteiger partial charge in [0.15, 0.2) is 5.69 Å². The third-order valence-electron chi connectivity index (χ3n) is 3.96. The third kappa shape index (κ3) is 3.85. The molecule has 0 spiro atoms. The molecule has 0 unspecified atom stereocenters. The van der Waals surface area contributed by atoms with E-state index in [1.54, 1.807) is 19.9 Å². The molecular weight excluding hydrogens is 410 g/mol. The average Bonchev–Trinajstić information content (AvgIpc) is 2.67. The van der Waals surface area contributed by atoms with Crippen molar-refractivity contribution in [2.24, 2.45) is 0 Å². The van der Waals surface area contributed by atoms with E-state index in [1.165, 1.54) is 0 Å². The van der Waals surface area contributed by atoms with Gasteiger partial charge in [0.25, 0.3) is 0 Å². The number of benzene rings is 2. The lowest BCUT2D eigenvalue weighted by molar-refractivity contribution is 0.0474. The Morgan fingerprint density at radius 3 is 2.30 bits per heavy atom. The summed E-state index contributed by atoms with van der Waals surface area (Å²) < 4.78 is 11.2. The Bertz CT molecular complexity index is 1000. The summed E-state index contributed by atoms with van der Waals surface area (Å²) in [6.45, 7) is 3.79. The molecular formula is C21H18BrNO4. The van der Waals surface area contributed by atoms with E-state index in [4.69, 9.17) is 9.47 Å². The Hall–Kier alpha value is -2.73. The predicted molar refractivity (Wildman–Crippen MR) is 107 cm³/mol. The number of aromatic nitrogens is 1. The minimum Gasteiger partial charge on any atom is -0.462 e. The average molecular weight is 428 g/mol. The van der Waals surface area contributed by atoms with Gasteiger partial charge in [0.05, 0.1) is 18.7 Å². The molecule has 27 heavy (non-hydrogen) atoms. The summed E-state index contributed by atoms with van der Waals surface area (Å²) in [5, 5.41) is 0.750. The fourth-order valence-corrected chi connectivity index (χ4v) is 3.24. The van der Waals surface area contributed by atoms with Gasteiger partial charge >= 0.3 is 11.9 Å². The molecule has 1 heterocycles. The van der Waals surface area contributed by atoms with E-state index in [9.17, 15) is 9.59 Å². The number of hydrogen-bond acceptors (Lipinski definition) is 5. The summed E-state index contributed by atoms with van der Waals surface area (Å²) >= 11 is 3.43. The lowest BCUT2D eigenvalue weighted by Gasteiger charge is -2.16. The van der Waals surface area contributed by atoms with Crippen LogP contribution in [0.1, 0.15) is 34.7 Å². The molecule has 0 N–H and O–H groups in total. The van der Waals surface area contributed by atoms with Crippen LogP contribution in [-0.2, 0) is 9.47 Å². The van der Waals surface area contributed by atoms with E-state index in [0.717, 1.165) is 15.4 Å². The van der Waals surface area contributed by atoms with Gasteiger partial charge in [0.1, 0.15) is 5.56 Å². The fourth-order valence-electron chi connectivity index (χ4n) is 2.89. The normalized spacial score (nSPS) is 10.6. The van der Waals surface area contributed by atoms with Crippen LogP contribution in [0, 0.1) is 0 Å². The molecule has 2 aromatic carbocycles. The molecule has 0 fully saturated rings. The number of fused-ring (bicyclic) bond motifs is 1. The third-order valence-corrected chi connectivity index (χ3v) is 4.45. The number of nitrogens with zero attached hydrogens (tertiary/aromatic N) is 1. The molecule has 0 radical (unpaired) electrons. The highest BCUT2D eigenvalue weighted by Crippen LogP contribution is 2.35. The van der Waals surface area contributed by atoms with Gasteiger partial charge in [-0.05, 0) is 31.5 Å². The molecule has 0 atom stereocenters. The molecule has 3 aromatic rings. The van der Waals surface area contributed by atoms with Gasteiger partial charge in [0, 0.05) is 15.4 Å². The summed E-state index contributed by atoms with van der Waals surface area (Å²) in [6, 6.07) is 14.9. The summed E-state index contributed by atoms with van der Waals surface area (Å²) in [4.78, 5) is 29.8. The fraction of sp³-hybridized carbons (Fsp3) is 0.190. The first-order chi connectivity index (χ1) is 13.1. The second kappa shape index (κ2) is 8.31. The Kier molecular flexibility index (Phi) is 5.86. The van der Waals surface area contributed by atoms with E-state index in [0.29, 0.717) is 11.1 Å². The van der Waals surface area contributed by atoms with Gasteiger partial charge in [-0.25, -0.2) is 14.6 Å². The van der Waals surface area contributed by atoms with Crippen molar-refractivity contribution in [1.29, 1.82) is 0 Å². The second-order valence-electron chi connectivity index (χ2n) is 5.68. The van der Waals surface area contributed by atoms with E-state index < -0.39 is 11.9 Å². The highest BCUT2D eigenvalue weighted by Gasteiger charge is 2.28. The van der Waals surface area contributed by atoms with E-state index in [-0.39, 0.29) is 24.5 Å². The maximum Gasteiger partial charge on any atom is 0.357 e. The molecule has 3 rings (SSSR count). The molecule has 0 aliphatic heterocycles. The van der Waals surface area contributed by atoms with Crippen molar-refractivity contribution in [3.63, 3.8) is 0 Å². The first-order valence-electron chi connectivity index (χ1n) is 8.59. The molecule has 0 bridgehead atoms. The highest BCUT2D eigenvalue weighted by molar-refractivity contribution is 9.10. The van der Waals surface area contributed by atoms with Crippen LogP contribution < -0.4 is 0 Å². The summed E-state index contributed by atoms with van der Waals surface area (Å²) in [5.41, 5.74) is 2.06. The summed E-state index contributed by atoms with van der Waals surface area (Å²) in [5.74, 6) is -1.25. The predicted octanol–water partition coefficient (Wildman–Crippen LogP) is 5.02. The van der Waals surface area contributed by atoms with Gasteiger partial charge in [-0.3, -0.25) is 0 Å². The number of hydrogen-bond donors (Lipinski definition) is 0. The van der Waals surface area contributed by atoms with Crippen molar-refractivity contribution < 1.29 is 19.1 Å². The maximum atomic E-state index is 12.8. The minimum atomic E-state index is -0.653. The van der Waals surface area contributed by atoms with Crippen molar-refractivity contribution in [2.45, 2.75) is 13.8 Å². The van der Waals surface area contributed by atoms with Crippen LogP contribution in [0.5, 0.6) is 0 Å². The van der Waals surface area contributed by atoms with E-state index in [1.807, 2.05) is 42.5 Å².